The van der Waals surface area contributed by atoms with Crippen LogP contribution in [0, 0.1) is 17.3 Å². The van der Waals surface area contributed by atoms with Crippen molar-refractivity contribution in [2.45, 2.75) is 194 Å². The molecule has 0 radical (unpaired) electrons. The number of unbranched alkanes of at least 4 members (excludes halogenated alkanes) is 21. The molecule has 0 saturated carbocycles. The van der Waals surface area contributed by atoms with Crippen LogP contribution in [-0.4, -0.2) is 4.57 Å². The minimum absolute atomic E-state index is 0.0638. The van der Waals surface area contributed by atoms with Crippen molar-refractivity contribution in [2.24, 2.45) is 12.5 Å². The van der Waals surface area contributed by atoms with Gasteiger partial charge in [-0.15, -0.1) is 0 Å². The molecule has 0 spiro atoms. The van der Waals surface area contributed by atoms with E-state index in [9.17, 15) is 4.79 Å². The number of nitrogens with zero attached hydrogens (tertiary/aromatic N) is 1. The van der Waals surface area contributed by atoms with E-state index in [0.717, 1.165) is 16.6 Å². The Bertz CT molecular complexity index is 1080. The summed E-state index contributed by atoms with van der Waals surface area (Å²) in [6.07, 6.45) is 36.2. The van der Waals surface area contributed by atoms with Crippen LogP contribution in [0.4, 0.5) is 0 Å². The number of rotatable bonds is 27. The largest absolute Gasteiger partial charge is 0.337 e. The highest BCUT2D eigenvalue weighted by Gasteiger charge is 2.27. The number of hydrogen-bond donors (Lipinski definition) is 0. The molecular formula is C43H71NO. The quantitative estimate of drug-likeness (QED) is 0.0722. The third-order valence-electron chi connectivity index (χ3n) is 10.1. The fourth-order valence-electron chi connectivity index (χ4n) is 7.07. The summed E-state index contributed by atoms with van der Waals surface area (Å²) in [5.74, 6) is 7.55. The monoisotopic (exact) mass is 618 g/mol. The zero-order valence-electron chi connectivity index (χ0n) is 30.3. The van der Waals surface area contributed by atoms with Gasteiger partial charge < -0.3 is 4.57 Å². The lowest BCUT2D eigenvalue weighted by molar-refractivity contribution is 0.278. The van der Waals surface area contributed by atoms with Crippen LogP contribution in [0.3, 0.4) is 0 Å². The highest BCUT2D eigenvalue weighted by Crippen LogP contribution is 2.37. The minimum atomic E-state index is 0.0638. The fourth-order valence-corrected chi connectivity index (χ4v) is 7.07. The second kappa shape index (κ2) is 25.1. The molecule has 0 aliphatic carbocycles. The van der Waals surface area contributed by atoms with Crippen LogP contribution in [0.2, 0.25) is 0 Å². The van der Waals surface area contributed by atoms with Gasteiger partial charge in [0.25, 0.3) is 0 Å². The van der Waals surface area contributed by atoms with Crippen LogP contribution in [-0.2, 0) is 7.05 Å². The van der Waals surface area contributed by atoms with E-state index >= 15 is 0 Å². The van der Waals surface area contributed by atoms with Gasteiger partial charge in [-0.3, -0.25) is 4.79 Å². The number of aromatic nitrogens is 1. The number of para-hydroxylation sites is 1. The molecule has 2 rings (SSSR count). The third kappa shape index (κ3) is 16.4. The lowest BCUT2D eigenvalue weighted by Crippen LogP contribution is -2.20. The molecule has 1 aromatic heterocycles. The predicted octanol–water partition coefficient (Wildman–Crippen LogP) is 13.5. The molecule has 0 aliphatic heterocycles. The summed E-state index contributed by atoms with van der Waals surface area (Å²) in [5, 5.41) is 0.786. The average molecular weight is 618 g/mol. The topological polar surface area (TPSA) is 22.0 Å². The fraction of sp³-hybridized carbons (Fsp3) is 0.744. The van der Waals surface area contributed by atoms with Crippen LogP contribution in [0.1, 0.15) is 200 Å². The van der Waals surface area contributed by atoms with E-state index in [1.807, 2.05) is 18.2 Å². The van der Waals surface area contributed by atoms with Crippen molar-refractivity contribution >= 4 is 10.9 Å². The van der Waals surface area contributed by atoms with Gasteiger partial charge in [-0.2, -0.15) is 0 Å². The molecule has 0 fully saturated rings. The van der Waals surface area contributed by atoms with E-state index < -0.39 is 0 Å². The Labute approximate surface area is 279 Å². The van der Waals surface area contributed by atoms with Gasteiger partial charge >= 0.3 is 0 Å². The highest BCUT2D eigenvalue weighted by atomic mass is 16.1. The highest BCUT2D eigenvalue weighted by molar-refractivity contribution is 5.79. The Kier molecular flexibility index (Phi) is 21.9. The number of pyridine rings is 1. The molecule has 2 heteroatoms. The standard InChI is InChI=1S/C43H71NO/c1-5-8-11-14-17-20-23-28-34-43(35-29-24-21-18-15-12-9-6-2,36-30-25-22-19-16-13-10-7-3)37-33-39-38-42(45)40-31-26-27-32-41(40)44(39)4/h26-27,31-32,38H,5-25,28-30,34-36H2,1-4H3. The number of benzene rings is 1. The molecule has 1 heterocycles. The zero-order chi connectivity index (χ0) is 32.4. The first kappa shape index (κ1) is 39.2. The Morgan fingerprint density at radius 2 is 0.933 bits per heavy atom. The Hall–Kier alpha value is -2.01. The molecule has 0 saturated heterocycles. The maximum absolute atomic E-state index is 13.0. The third-order valence-corrected chi connectivity index (χ3v) is 10.1. The summed E-state index contributed by atoms with van der Waals surface area (Å²) in [6, 6.07) is 9.75. The molecule has 0 atom stereocenters. The van der Waals surface area contributed by atoms with Crippen molar-refractivity contribution in [3.8, 4) is 11.8 Å². The zero-order valence-corrected chi connectivity index (χ0v) is 30.3. The number of hydrogen-bond acceptors (Lipinski definition) is 1. The molecule has 2 nitrogen and oxygen atoms in total. The average Bonchev–Trinajstić information content (AvgIpc) is 3.05. The van der Waals surface area contributed by atoms with Crippen LogP contribution in [0.25, 0.3) is 10.9 Å². The first-order valence-electron chi connectivity index (χ1n) is 19.7. The first-order valence-corrected chi connectivity index (χ1v) is 19.7. The maximum atomic E-state index is 13.0. The molecule has 254 valence electrons. The van der Waals surface area contributed by atoms with Crippen molar-refractivity contribution < 1.29 is 0 Å². The summed E-state index contributed by atoms with van der Waals surface area (Å²) in [7, 11) is 2.07. The first-order chi connectivity index (χ1) is 22.1. The predicted molar refractivity (Wildman–Crippen MR) is 200 cm³/mol. The van der Waals surface area contributed by atoms with Gasteiger partial charge in [-0.1, -0.05) is 193 Å². The summed E-state index contributed by atoms with van der Waals surface area (Å²) < 4.78 is 2.14. The van der Waals surface area contributed by atoms with Crippen LogP contribution in [0.5, 0.6) is 0 Å². The summed E-state index contributed by atoms with van der Waals surface area (Å²) >= 11 is 0. The van der Waals surface area contributed by atoms with Crippen LogP contribution >= 0.6 is 0 Å². The second-order valence-corrected chi connectivity index (χ2v) is 14.2. The summed E-state index contributed by atoms with van der Waals surface area (Å²) in [6.45, 7) is 6.90. The Morgan fingerprint density at radius 1 is 0.556 bits per heavy atom. The lowest BCUT2D eigenvalue weighted by atomic mass is 9.74. The van der Waals surface area contributed by atoms with Crippen molar-refractivity contribution in [2.75, 3.05) is 0 Å². The van der Waals surface area contributed by atoms with Gasteiger partial charge in [0.05, 0.1) is 11.2 Å². The lowest BCUT2D eigenvalue weighted by Gasteiger charge is -2.29. The van der Waals surface area contributed by atoms with Gasteiger partial charge in [0.1, 0.15) is 0 Å². The molecular weight excluding hydrogens is 546 g/mol. The van der Waals surface area contributed by atoms with Gasteiger partial charge in [0.15, 0.2) is 5.43 Å². The molecule has 0 bridgehead atoms. The molecule has 2 aromatic rings. The van der Waals surface area contributed by atoms with Gasteiger partial charge in [0, 0.05) is 23.9 Å². The van der Waals surface area contributed by atoms with Gasteiger partial charge in [-0.05, 0) is 37.3 Å². The van der Waals surface area contributed by atoms with Crippen molar-refractivity contribution in [1.29, 1.82) is 0 Å². The second-order valence-electron chi connectivity index (χ2n) is 14.2. The van der Waals surface area contributed by atoms with Crippen molar-refractivity contribution in [3.05, 3.63) is 46.2 Å². The van der Waals surface area contributed by atoms with Crippen molar-refractivity contribution in [3.63, 3.8) is 0 Å². The number of aryl methyl sites for hydroxylation is 1. The smallest absolute Gasteiger partial charge is 0.190 e. The minimum Gasteiger partial charge on any atom is -0.337 e. The normalized spacial score (nSPS) is 11.6. The van der Waals surface area contributed by atoms with E-state index in [1.54, 1.807) is 6.07 Å². The summed E-state index contributed by atoms with van der Waals surface area (Å²) in [5.41, 5.74) is 2.00. The van der Waals surface area contributed by atoms with Gasteiger partial charge in [0.2, 0.25) is 0 Å². The van der Waals surface area contributed by atoms with Gasteiger partial charge in [-0.25, -0.2) is 0 Å². The molecule has 0 aliphatic rings. The molecule has 0 amide bonds. The van der Waals surface area contributed by atoms with E-state index in [2.05, 4.69) is 50.3 Å². The van der Waals surface area contributed by atoms with E-state index in [0.29, 0.717) is 0 Å². The Balaban J connectivity index is 2.18. The maximum Gasteiger partial charge on any atom is 0.190 e. The van der Waals surface area contributed by atoms with E-state index in [4.69, 9.17) is 0 Å². The number of fused-ring (bicyclic) bond motifs is 1. The molecule has 45 heavy (non-hydrogen) atoms. The van der Waals surface area contributed by atoms with E-state index in [1.165, 1.54) is 173 Å². The SMILES string of the molecule is CCCCCCCCCCC(C#Cc1cc(=O)c2ccccc2n1C)(CCCCCCCCCC)CCCCCCCCCC. The van der Waals surface area contributed by atoms with Crippen LogP contribution < -0.4 is 5.43 Å². The van der Waals surface area contributed by atoms with Crippen LogP contribution in [0.15, 0.2) is 35.1 Å². The summed E-state index contributed by atoms with van der Waals surface area (Å²) in [4.78, 5) is 13.0. The molecule has 1 aromatic carbocycles. The molecule has 0 unspecified atom stereocenters. The van der Waals surface area contributed by atoms with Crippen molar-refractivity contribution in [1.82, 2.24) is 4.57 Å². The molecule has 0 N–H and O–H groups in total. The van der Waals surface area contributed by atoms with E-state index in [-0.39, 0.29) is 10.8 Å². The Morgan fingerprint density at radius 3 is 1.36 bits per heavy atom.